The van der Waals surface area contributed by atoms with E-state index < -0.39 is 6.10 Å². The Morgan fingerprint density at radius 1 is 1.03 bits per heavy atom. The van der Waals surface area contributed by atoms with Gasteiger partial charge in [0.25, 0.3) is 0 Å². The first-order chi connectivity index (χ1) is 16.3. The molecule has 198 valence electrons. The molecule has 1 amide bonds. The molecule has 0 radical (unpaired) electrons. The van der Waals surface area contributed by atoms with Crippen LogP contribution < -0.4 is 5.32 Å². The van der Waals surface area contributed by atoms with Crippen LogP contribution in [0.5, 0.6) is 0 Å². The zero-order valence-corrected chi connectivity index (χ0v) is 21.9. The van der Waals surface area contributed by atoms with Crippen LogP contribution in [0.15, 0.2) is 12.2 Å². The van der Waals surface area contributed by atoms with Crippen LogP contribution in [0.3, 0.4) is 0 Å². The van der Waals surface area contributed by atoms with Gasteiger partial charge in [0, 0.05) is 19.9 Å². The number of aliphatic hydroxyl groups excluding tert-OH is 1. The van der Waals surface area contributed by atoms with Gasteiger partial charge in [-0.1, -0.05) is 57.6 Å². The molecular weight excluding hydrogens is 436 g/mol. The van der Waals surface area contributed by atoms with Crippen molar-refractivity contribution in [2.45, 2.75) is 103 Å². The van der Waals surface area contributed by atoms with Gasteiger partial charge in [-0.05, 0) is 39.2 Å². The molecule has 0 saturated heterocycles. The van der Waals surface area contributed by atoms with E-state index in [0.717, 1.165) is 64.2 Å². The highest BCUT2D eigenvalue weighted by molar-refractivity contribution is 5.78. The molecule has 0 heterocycles. The lowest BCUT2D eigenvalue weighted by Crippen LogP contribution is -2.47. The highest BCUT2D eigenvalue weighted by atomic mass is 16.5. The number of allylic oxidation sites excluding steroid dienone is 1. The second-order valence-electron chi connectivity index (χ2n) is 8.90. The molecule has 0 aliphatic rings. The van der Waals surface area contributed by atoms with Crippen molar-refractivity contribution >= 4 is 17.8 Å². The molecule has 2 unspecified atom stereocenters. The van der Waals surface area contributed by atoms with Gasteiger partial charge in [0.2, 0.25) is 5.91 Å². The number of carbonyl (C=O) groups excluding carboxylic acids is 3. The lowest BCUT2D eigenvalue weighted by atomic mass is 10.00. The third kappa shape index (κ3) is 19.5. The van der Waals surface area contributed by atoms with E-state index in [1.54, 1.807) is 11.9 Å². The zero-order chi connectivity index (χ0) is 25.6. The van der Waals surface area contributed by atoms with Crippen LogP contribution in [0.1, 0.15) is 90.9 Å². The van der Waals surface area contributed by atoms with Gasteiger partial charge < -0.3 is 19.9 Å². The van der Waals surface area contributed by atoms with Crippen molar-refractivity contribution in [2.24, 2.45) is 0 Å². The second kappa shape index (κ2) is 21.6. The molecule has 0 saturated carbocycles. The van der Waals surface area contributed by atoms with Crippen LogP contribution in [0.25, 0.3) is 0 Å². The van der Waals surface area contributed by atoms with Crippen LogP contribution >= 0.6 is 0 Å². The maximum absolute atomic E-state index is 12.5. The summed E-state index contributed by atoms with van der Waals surface area (Å²) in [6.45, 7) is 4.40. The topological polar surface area (TPSA) is 105 Å². The first kappa shape index (κ1) is 32.1. The predicted molar refractivity (Wildman–Crippen MR) is 134 cm³/mol. The standard InChI is InChI=1S/C26H48N2O6/c1-5-6-13-16-23(27-25(31)21-28(3)19-20-34-22(2)29)24(30)17-14-11-9-7-8-10-12-15-18-26(32)33-4/h11,14,23-24,30H,5-10,12-13,15-21H2,1-4H3,(H,27,31)/b14-11-. The number of nitrogens with one attached hydrogen (secondary N) is 1. The van der Waals surface area contributed by atoms with Gasteiger partial charge in [-0.3, -0.25) is 19.3 Å². The van der Waals surface area contributed by atoms with Gasteiger partial charge in [0.1, 0.15) is 6.61 Å². The predicted octanol–water partition coefficient (Wildman–Crippen LogP) is 3.76. The largest absolute Gasteiger partial charge is 0.469 e. The quantitative estimate of drug-likeness (QED) is 0.145. The molecule has 0 fully saturated rings. The molecule has 0 rings (SSSR count). The maximum Gasteiger partial charge on any atom is 0.305 e. The number of ether oxygens (including phenoxy) is 2. The van der Waals surface area contributed by atoms with Crippen molar-refractivity contribution in [1.29, 1.82) is 0 Å². The molecular formula is C26H48N2O6. The van der Waals surface area contributed by atoms with E-state index in [0.29, 0.717) is 19.4 Å². The minimum absolute atomic E-state index is 0.137. The number of hydrogen-bond donors (Lipinski definition) is 2. The van der Waals surface area contributed by atoms with E-state index in [-0.39, 0.29) is 37.0 Å². The van der Waals surface area contributed by atoms with Crippen molar-refractivity contribution in [3.05, 3.63) is 12.2 Å². The number of nitrogens with zero attached hydrogens (tertiary/aromatic N) is 1. The molecule has 0 bridgehead atoms. The van der Waals surface area contributed by atoms with Crippen LogP contribution in [0, 0.1) is 0 Å². The number of unbranched alkanes of at least 4 members (excludes halogenated alkanes) is 7. The van der Waals surface area contributed by atoms with Crippen molar-refractivity contribution in [3.8, 4) is 0 Å². The highest BCUT2D eigenvalue weighted by Crippen LogP contribution is 2.12. The van der Waals surface area contributed by atoms with Crippen LogP contribution in [0.2, 0.25) is 0 Å². The summed E-state index contributed by atoms with van der Waals surface area (Å²) in [6.07, 6.45) is 14.5. The fraction of sp³-hybridized carbons (Fsp3) is 0.808. The Morgan fingerprint density at radius 3 is 2.41 bits per heavy atom. The molecule has 2 atom stereocenters. The number of amides is 1. The summed E-state index contributed by atoms with van der Waals surface area (Å²) < 4.78 is 9.55. The summed E-state index contributed by atoms with van der Waals surface area (Å²) in [5, 5.41) is 13.7. The fourth-order valence-corrected chi connectivity index (χ4v) is 3.58. The van der Waals surface area contributed by atoms with Gasteiger partial charge >= 0.3 is 11.9 Å². The molecule has 34 heavy (non-hydrogen) atoms. The van der Waals surface area contributed by atoms with Crippen LogP contribution in [-0.4, -0.2) is 73.9 Å². The fourth-order valence-electron chi connectivity index (χ4n) is 3.58. The number of esters is 2. The van der Waals surface area contributed by atoms with E-state index in [4.69, 9.17) is 4.74 Å². The second-order valence-corrected chi connectivity index (χ2v) is 8.90. The number of carbonyl (C=O) groups is 3. The molecule has 0 aliphatic heterocycles. The molecule has 0 spiro atoms. The number of rotatable bonds is 21. The summed E-state index contributed by atoms with van der Waals surface area (Å²) in [7, 11) is 3.22. The van der Waals surface area contributed by atoms with E-state index in [9.17, 15) is 19.5 Å². The first-order valence-electron chi connectivity index (χ1n) is 12.8. The smallest absolute Gasteiger partial charge is 0.305 e. The van der Waals surface area contributed by atoms with Crippen LogP contribution in [-0.2, 0) is 23.9 Å². The maximum atomic E-state index is 12.5. The summed E-state index contributed by atoms with van der Waals surface area (Å²) in [5.74, 6) is -0.611. The summed E-state index contributed by atoms with van der Waals surface area (Å²) in [5.41, 5.74) is 0. The minimum atomic E-state index is -0.623. The molecule has 0 aromatic rings. The molecule has 0 aliphatic carbocycles. The average molecular weight is 485 g/mol. The summed E-state index contributed by atoms with van der Waals surface area (Å²) in [6, 6.07) is -0.277. The Hall–Kier alpha value is -1.93. The summed E-state index contributed by atoms with van der Waals surface area (Å²) >= 11 is 0. The third-order valence-electron chi connectivity index (χ3n) is 5.64. The highest BCUT2D eigenvalue weighted by Gasteiger charge is 2.20. The number of hydrogen-bond acceptors (Lipinski definition) is 7. The zero-order valence-electron chi connectivity index (χ0n) is 21.9. The Bertz CT molecular complexity index is 582. The molecule has 8 nitrogen and oxygen atoms in total. The lowest BCUT2D eigenvalue weighted by Gasteiger charge is -2.25. The van der Waals surface area contributed by atoms with Gasteiger partial charge in [-0.2, -0.15) is 0 Å². The minimum Gasteiger partial charge on any atom is -0.469 e. The number of aliphatic hydroxyl groups is 1. The molecule has 0 aromatic heterocycles. The molecule has 0 aromatic carbocycles. The Labute approximate surface area is 206 Å². The van der Waals surface area contributed by atoms with Crippen molar-refractivity contribution in [2.75, 3.05) is 33.9 Å². The van der Waals surface area contributed by atoms with Crippen molar-refractivity contribution in [3.63, 3.8) is 0 Å². The van der Waals surface area contributed by atoms with Crippen LogP contribution in [0.4, 0.5) is 0 Å². The van der Waals surface area contributed by atoms with Crippen molar-refractivity contribution in [1.82, 2.24) is 10.2 Å². The number of likely N-dealkylation sites (N-methyl/N-ethyl adjacent to an activating group) is 1. The van der Waals surface area contributed by atoms with E-state index in [1.807, 2.05) is 6.08 Å². The SMILES string of the molecule is CCCCCC(NC(=O)CN(C)CCOC(C)=O)C(O)C/C=C\CCCCCCCC(=O)OC. The summed E-state index contributed by atoms with van der Waals surface area (Å²) in [4.78, 5) is 36.2. The van der Waals surface area contributed by atoms with E-state index in [1.165, 1.54) is 14.0 Å². The number of methoxy groups -OCH3 is 1. The third-order valence-corrected chi connectivity index (χ3v) is 5.64. The van der Waals surface area contributed by atoms with Crippen molar-refractivity contribution < 1.29 is 29.0 Å². The van der Waals surface area contributed by atoms with E-state index in [2.05, 4.69) is 23.1 Å². The van der Waals surface area contributed by atoms with Gasteiger partial charge in [-0.25, -0.2) is 0 Å². The van der Waals surface area contributed by atoms with E-state index >= 15 is 0 Å². The van der Waals surface area contributed by atoms with Gasteiger partial charge in [-0.15, -0.1) is 0 Å². The Kier molecular flexibility index (Phi) is 20.4. The van der Waals surface area contributed by atoms with Gasteiger partial charge in [0.05, 0.1) is 25.8 Å². The molecule has 2 N–H and O–H groups in total. The lowest BCUT2D eigenvalue weighted by molar-refractivity contribution is -0.142. The Balaban J connectivity index is 4.26. The Morgan fingerprint density at radius 2 is 1.74 bits per heavy atom. The molecule has 8 heteroatoms. The monoisotopic (exact) mass is 484 g/mol. The first-order valence-corrected chi connectivity index (χ1v) is 12.8. The normalized spacial score (nSPS) is 13.1. The average Bonchev–Trinajstić information content (AvgIpc) is 2.78. The van der Waals surface area contributed by atoms with Gasteiger partial charge in [0.15, 0.2) is 0 Å².